The molecular weight excluding hydrogens is 356 g/mol. The van der Waals surface area contributed by atoms with Crippen LogP contribution in [0.2, 0.25) is 0 Å². The van der Waals surface area contributed by atoms with Gasteiger partial charge in [0.1, 0.15) is 0 Å². The number of anilines is 1. The highest BCUT2D eigenvalue weighted by Gasteiger charge is 2.09. The van der Waals surface area contributed by atoms with E-state index in [9.17, 15) is 4.79 Å². The Morgan fingerprint density at radius 2 is 1.61 bits per heavy atom. The van der Waals surface area contributed by atoms with Crippen LogP contribution >= 0.6 is 0 Å². The second kappa shape index (κ2) is 9.36. The molecule has 2 aromatic carbocycles. The first-order chi connectivity index (χ1) is 13.7. The van der Waals surface area contributed by atoms with Gasteiger partial charge in [-0.3, -0.25) is 4.79 Å². The fourth-order valence-corrected chi connectivity index (χ4v) is 2.59. The van der Waals surface area contributed by atoms with Crippen molar-refractivity contribution in [1.82, 2.24) is 15.3 Å². The number of ether oxygens (including phenoxy) is 2. The van der Waals surface area contributed by atoms with Crippen LogP contribution in [0.25, 0.3) is 0 Å². The number of aromatic nitrogens is 2. The van der Waals surface area contributed by atoms with E-state index >= 15 is 0 Å². The molecule has 0 bridgehead atoms. The van der Waals surface area contributed by atoms with Crippen LogP contribution in [0.5, 0.6) is 11.5 Å². The number of amides is 1. The third kappa shape index (κ3) is 4.97. The Hall–Kier alpha value is -3.61. The van der Waals surface area contributed by atoms with Gasteiger partial charge in [0.15, 0.2) is 11.5 Å². The zero-order valence-corrected chi connectivity index (χ0v) is 15.8. The van der Waals surface area contributed by atoms with E-state index in [0.29, 0.717) is 36.1 Å². The fraction of sp³-hybridized carbons (Fsp3) is 0.190. The average molecular weight is 378 g/mol. The van der Waals surface area contributed by atoms with Crippen molar-refractivity contribution in [2.45, 2.75) is 13.1 Å². The van der Waals surface area contributed by atoms with Gasteiger partial charge in [0, 0.05) is 25.5 Å². The quantitative estimate of drug-likeness (QED) is 0.627. The summed E-state index contributed by atoms with van der Waals surface area (Å²) in [5.41, 5.74) is 2.42. The lowest BCUT2D eigenvalue weighted by atomic mass is 10.2. The molecule has 0 aliphatic carbocycles. The van der Waals surface area contributed by atoms with Gasteiger partial charge in [0.2, 0.25) is 5.95 Å². The maximum atomic E-state index is 12.3. The van der Waals surface area contributed by atoms with E-state index in [1.165, 1.54) is 12.4 Å². The number of carbonyl (C=O) groups is 1. The highest BCUT2D eigenvalue weighted by molar-refractivity contribution is 5.93. The molecule has 0 unspecified atom stereocenters. The first kappa shape index (κ1) is 19.2. The van der Waals surface area contributed by atoms with E-state index in [-0.39, 0.29) is 5.91 Å². The monoisotopic (exact) mass is 378 g/mol. The Labute approximate surface area is 163 Å². The maximum absolute atomic E-state index is 12.3. The number of benzene rings is 2. The third-order valence-electron chi connectivity index (χ3n) is 4.11. The van der Waals surface area contributed by atoms with Crippen LogP contribution in [0.15, 0.2) is 60.9 Å². The van der Waals surface area contributed by atoms with Gasteiger partial charge in [-0.05, 0) is 23.3 Å². The number of nitrogens with zero attached hydrogens (tertiary/aromatic N) is 2. The topological polar surface area (TPSA) is 85.4 Å². The van der Waals surface area contributed by atoms with Crippen LogP contribution in [0.1, 0.15) is 21.5 Å². The SMILES string of the molecule is COc1ccc(CNC(=O)c2cnc(NCc3ccccc3)nc2)cc1OC. The molecule has 0 aliphatic rings. The molecule has 0 radical (unpaired) electrons. The van der Waals surface area contributed by atoms with Gasteiger partial charge in [-0.15, -0.1) is 0 Å². The van der Waals surface area contributed by atoms with Crippen LogP contribution in [0.4, 0.5) is 5.95 Å². The maximum Gasteiger partial charge on any atom is 0.254 e. The summed E-state index contributed by atoms with van der Waals surface area (Å²) >= 11 is 0. The van der Waals surface area contributed by atoms with E-state index in [1.807, 2.05) is 42.5 Å². The fourth-order valence-electron chi connectivity index (χ4n) is 2.59. The predicted molar refractivity (Wildman–Crippen MR) is 107 cm³/mol. The Bertz CT molecular complexity index is 915. The molecule has 7 heteroatoms. The van der Waals surface area contributed by atoms with Crippen molar-refractivity contribution in [1.29, 1.82) is 0 Å². The van der Waals surface area contributed by atoms with Gasteiger partial charge in [0.05, 0.1) is 19.8 Å². The Kier molecular flexibility index (Phi) is 6.41. The van der Waals surface area contributed by atoms with E-state index in [2.05, 4.69) is 20.6 Å². The van der Waals surface area contributed by atoms with Crippen molar-refractivity contribution in [2.24, 2.45) is 0 Å². The second-order valence-corrected chi connectivity index (χ2v) is 6.01. The number of carbonyl (C=O) groups excluding carboxylic acids is 1. The lowest BCUT2D eigenvalue weighted by Crippen LogP contribution is -2.23. The summed E-state index contributed by atoms with van der Waals surface area (Å²) in [6, 6.07) is 15.5. The lowest BCUT2D eigenvalue weighted by molar-refractivity contribution is 0.0950. The Balaban J connectivity index is 1.54. The number of hydrogen-bond donors (Lipinski definition) is 2. The van der Waals surface area contributed by atoms with Gasteiger partial charge in [0.25, 0.3) is 5.91 Å². The first-order valence-electron chi connectivity index (χ1n) is 8.78. The summed E-state index contributed by atoms with van der Waals surface area (Å²) in [4.78, 5) is 20.7. The largest absolute Gasteiger partial charge is 0.493 e. The molecule has 0 aliphatic heterocycles. The van der Waals surface area contributed by atoms with Crippen molar-refractivity contribution in [3.05, 3.63) is 77.6 Å². The van der Waals surface area contributed by atoms with Crippen molar-refractivity contribution in [2.75, 3.05) is 19.5 Å². The molecule has 1 heterocycles. The molecule has 1 aromatic heterocycles. The standard InChI is InChI=1S/C21H22N4O3/c1-27-18-9-8-16(10-19(18)28-2)12-22-20(26)17-13-24-21(25-14-17)23-11-15-6-4-3-5-7-15/h3-10,13-14H,11-12H2,1-2H3,(H,22,26)(H,23,24,25). The van der Waals surface area contributed by atoms with Crippen LogP contribution in [0, 0.1) is 0 Å². The molecule has 2 N–H and O–H groups in total. The van der Waals surface area contributed by atoms with Crippen LogP contribution in [-0.4, -0.2) is 30.1 Å². The Morgan fingerprint density at radius 3 is 2.29 bits per heavy atom. The summed E-state index contributed by atoms with van der Waals surface area (Å²) < 4.78 is 10.5. The molecule has 144 valence electrons. The summed E-state index contributed by atoms with van der Waals surface area (Å²) in [6.07, 6.45) is 3.01. The van der Waals surface area contributed by atoms with Crippen LogP contribution in [-0.2, 0) is 13.1 Å². The van der Waals surface area contributed by atoms with E-state index in [0.717, 1.165) is 11.1 Å². The number of hydrogen-bond acceptors (Lipinski definition) is 6. The van der Waals surface area contributed by atoms with Gasteiger partial charge < -0.3 is 20.1 Å². The molecule has 7 nitrogen and oxygen atoms in total. The number of rotatable bonds is 8. The number of methoxy groups -OCH3 is 2. The lowest BCUT2D eigenvalue weighted by Gasteiger charge is -2.10. The minimum Gasteiger partial charge on any atom is -0.493 e. The molecular formula is C21H22N4O3. The van der Waals surface area contributed by atoms with Crippen molar-refractivity contribution in [3.63, 3.8) is 0 Å². The smallest absolute Gasteiger partial charge is 0.254 e. The molecule has 0 spiro atoms. The van der Waals surface area contributed by atoms with E-state index < -0.39 is 0 Å². The first-order valence-corrected chi connectivity index (χ1v) is 8.78. The zero-order chi connectivity index (χ0) is 19.8. The van der Waals surface area contributed by atoms with Crippen molar-refractivity contribution < 1.29 is 14.3 Å². The van der Waals surface area contributed by atoms with Crippen LogP contribution < -0.4 is 20.1 Å². The predicted octanol–water partition coefficient (Wildman–Crippen LogP) is 3.04. The third-order valence-corrected chi connectivity index (χ3v) is 4.11. The van der Waals surface area contributed by atoms with E-state index in [1.54, 1.807) is 20.3 Å². The van der Waals surface area contributed by atoms with Gasteiger partial charge in [-0.25, -0.2) is 9.97 Å². The summed E-state index contributed by atoms with van der Waals surface area (Å²) in [5.74, 6) is 1.49. The van der Waals surface area contributed by atoms with Gasteiger partial charge in [-0.2, -0.15) is 0 Å². The number of nitrogens with one attached hydrogen (secondary N) is 2. The van der Waals surface area contributed by atoms with Crippen molar-refractivity contribution >= 4 is 11.9 Å². The molecule has 1 amide bonds. The molecule has 3 rings (SSSR count). The molecule has 0 saturated heterocycles. The molecule has 3 aromatic rings. The zero-order valence-electron chi connectivity index (χ0n) is 15.8. The van der Waals surface area contributed by atoms with Gasteiger partial charge >= 0.3 is 0 Å². The summed E-state index contributed by atoms with van der Waals surface area (Å²) in [7, 11) is 3.16. The summed E-state index contributed by atoms with van der Waals surface area (Å²) in [6.45, 7) is 0.971. The van der Waals surface area contributed by atoms with Gasteiger partial charge in [-0.1, -0.05) is 36.4 Å². The molecule has 0 atom stereocenters. The average Bonchev–Trinajstić information content (AvgIpc) is 2.76. The van der Waals surface area contributed by atoms with Crippen molar-refractivity contribution in [3.8, 4) is 11.5 Å². The second-order valence-electron chi connectivity index (χ2n) is 6.01. The minimum atomic E-state index is -0.246. The summed E-state index contributed by atoms with van der Waals surface area (Å²) in [5, 5.41) is 5.97. The minimum absolute atomic E-state index is 0.246. The highest BCUT2D eigenvalue weighted by atomic mass is 16.5. The Morgan fingerprint density at radius 1 is 0.893 bits per heavy atom. The normalized spacial score (nSPS) is 10.2. The van der Waals surface area contributed by atoms with Crippen LogP contribution in [0.3, 0.4) is 0 Å². The molecule has 0 fully saturated rings. The highest BCUT2D eigenvalue weighted by Crippen LogP contribution is 2.27. The molecule has 0 saturated carbocycles. The molecule has 28 heavy (non-hydrogen) atoms. The van der Waals surface area contributed by atoms with E-state index in [4.69, 9.17) is 9.47 Å².